The van der Waals surface area contributed by atoms with Gasteiger partial charge in [-0.3, -0.25) is 14.2 Å². The van der Waals surface area contributed by atoms with Crippen LogP contribution in [0.3, 0.4) is 0 Å². The van der Waals surface area contributed by atoms with Crippen LogP contribution < -0.4 is 29.7 Å². The summed E-state index contributed by atoms with van der Waals surface area (Å²) in [6.45, 7) is 2.25. The summed E-state index contributed by atoms with van der Waals surface area (Å²) in [6.07, 6.45) is 1.83. The number of fused-ring (bicyclic) bond motifs is 1. The Balaban J connectivity index is 1.39. The van der Waals surface area contributed by atoms with E-state index >= 15 is 0 Å². The van der Waals surface area contributed by atoms with Crippen LogP contribution in [-0.2, 0) is 11.4 Å². The molecule has 1 amide bonds. The molecule has 1 aliphatic heterocycles. The lowest BCUT2D eigenvalue weighted by Gasteiger charge is -2.25. The van der Waals surface area contributed by atoms with E-state index in [1.807, 2.05) is 109 Å². The summed E-state index contributed by atoms with van der Waals surface area (Å²) in [7, 11) is 1.59. The van der Waals surface area contributed by atoms with Crippen LogP contribution in [0.4, 0.5) is 5.69 Å². The third-order valence-electron chi connectivity index (χ3n) is 7.20. The van der Waals surface area contributed by atoms with E-state index in [1.165, 1.54) is 11.3 Å². The van der Waals surface area contributed by atoms with Crippen LogP contribution in [0.5, 0.6) is 11.5 Å². The van der Waals surface area contributed by atoms with Crippen molar-refractivity contribution in [3.05, 3.63) is 155 Å². The van der Waals surface area contributed by atoms with Crippen LogP contribution in [0, 0.1) is 0 Å². The van der Waals surface area contributed by atoms with Crippen LogP contribution >= 0.6 is 27.3 Å². The fourth-order valence-corrected chi connectivity index (χ4v) is 6.63. The lowest BCUT2D eigenvalue weighted by molar-refractivity contribution is -0.113. The molecule has 7 nitrogen and oxygen atoms in total. The highest BCUT2D eigenvalue weighted by Crippen LogP contribution is 2.32. The number of hydrogen-bond acceptors (Lipinski definition) is 6. The molecule has 5 aromatic rings. The predicted octanol–water partition coefficient (Wildman–Crippen LogP) is 6.22. The number of para-hydroxylation sites is 1. The van der Waals surface area contributed by atoms with Gasteiger partial charge < -0.3 is 14.8 Å². The number of rotatable bonds is 8. The number of thiazole rings is 1. The molecule has 1 aromatic heterocycles. The van der Waals surface area contributed by atoms with Gasteiger partial charge in [0, 0.05) is 5.69 Å². The Morgan fingerprint density at radius 2 is 1.75 bits per heavy atom. The van der Waals surface area contributed by atoms with E-state index in [9.17, 15) is 9.59 Å². The highest BCUT2D eigenvalue weighted by molar-refractivity contribution is 9.10. The number of amides is 1. The largest absolute Gasteiger partial charge is 0.497 e. The Labute approximate surface area is 266 Å². The Kier molecular flexibility index (Phi) is 8.58. The van der Waals surface area contributed by atoms with Gasteiger partial charge in [-0.25, -0.2) is 4.99 Å². The van der Waals surface area contributed by atoms with Gasteiger partial charge in [0.1, 0.15) is 18.1 Å². The standard InChI is InChI=1S/C35H28BrN3O4S/c1-22-31(33(40)38-26-13-7-4-8-14-26)32(25-12-9-15-27(20-25)42-2)39-34(41)30(44-35(39)37-22)19-24-16-17-29(28(36)18-24)43-21-23-10-5-3-6-11-23/h3-20,32H,21H2,1-2H3,(H,38,40)/b30-19-/t32-/m1/s1. The fourth-order valence-electron chi connectivity index (χ4n) is 5.07. The van der Waals surface area contributed by atoms with Crippen LogP contribution in [0.25, 0.3) is 6.08 Å². The first kappa shape index (κ1) is 29.3. The first-order valence-electron chi connectivity index (χ1n) is 13.9. The number of hydrogen-bond donors (Lipinski definition) is 1. The van der Waals surface area contributed by atoms with Gasteiger partial charge in [0.2, 0.25) is 0 Å². The number of carbonyl (C=O) groups is 1. The zero-order chi connectivity index (χ0) is 30.6. The average molecular weight is 667 g/mol. The number of anilines is 1. The van der Waals surface area contributed by atoms with E-state index in [0.29, 0.717) is 44.4 Å². The summed E-state index contributed by atoms with van der Waals surface area (Å²) in [5, 5.41) is 2.97. The molecule has 0 fully saturated rings. The molecule has 4 aromatic carbocycles. The minimum Gasteiger partial charge on any atom is -0.497 e. The molecule has 220 valence electrons. The number of benzene rings is 4. The monoisotopic (exact) mass is 665 g/mol. The highest BCUT2D eigenvalue weighted by atomic mass is 79.9. The Morgan fingerprint density at radius 3 is 2.48 bits per heavy atom. The molecule has 44 heavy (non-hydrogen) atoms. The fraction of sp³-hybridized carbons (Fsp3) is 0.114. The average Bonchev–Trinajstić information content (AvgIpc) is 3.34. The van der Waals surface area contributed by atoms with E-state index in [-0.39, 0.29) is 11.5 Å². The summed E-state index contributed by atoms with van der Waals surface area (Å²) in [6, 6.07) is 31.6. The quantitative estimate of drug-likeness (QED) is 0.213. The van der Waals surface area contributed by atoms with Crippen LogP contribution in [0.2, 0.25) is 0 Å². The van der Waals surface area contributed by atoms with Crippen molar-refractivity contribution < 1.29 is 14.3 Å². The third kappa shape index (κ3) is 6.15. The van der Waals surface area contributed by atoms with Crippen molar-refractivity contribution in [2.24, 2.45) is 4.99 Å². The molecule has 1 aliphatic rings. The van der Waals surface area contributed by atoms with Crippen molar-refractivity contribution in [2.75, 3.05) is 12.4 Å². The number of aromatic nitrogens is 1. The molecule has 0 spiro atoms. The molecule has 6 rings (SSSR count). The highest BCUT2D eigenvalue weighted by Gasteiger charge is 2.32. The van der Waals surface area contributed by atoms with E-state index < -0.39 is 6.04 Å². The number of nitrogens with one attached hydrogen (secondary N) is 1. The zero-order valence-electron chi connectivity index (χ0n) is 24.0. The van der Waals surface area contributed by atoms with Gasteiger partial charge >= 0.3 is 0 Å². The van der Waals surface area contributed by atoms with Gasteiger partial charge in [0.25, 0.3) is 11.5 Å². The topological polar surface area (TPSA) is 81.9 Å². The number of ether oxygens (including phenoxy) is 2. The first-order chi connectivity index (χ1) is 21.4. The number of halogens is 1. The molecule has 0 saturated heterocycles. The van der Waals surface area contributed by atoms with E-state index in [1.54, 1.807) is 18.6 Å². The molecule has 1 N–H and O–H groups in total. The smallest absolute Gasteiger partial charge is 0.271 e. The van der Waals surface area contributed by atoms with Crippen LogP contribution in [0.15, 0.2) is 129 Å². The molecule has 0 aliphatic carbocycles. The Bertz CT molecular complexity index is 2050. The number of nitrogens with zero attached hydrogens (tertiary/aromatic N) is 2. The second kappa shape index (κ2) is 12.9. The summed E-state index contributed by atoms with van der Waals surface area (Å²) in [5.74, 6) is 1.01. The van der Waals surface area contributed by atoms with Gasteiger partial charge in [-0.05, 0) is 82.0 Å². The van der Waals surface area contributed by atoms with Crippen molar-refractivity contribution in [3.63, 3.8) is 0 Å². The van der Waals surface area contributed by atoms with Crippen molar-refractivity contribution >= 4 is 44.9 Å². The van der Waals surface area contributed by atoms with E-state index in [0.717, 1.165) is 21.2 Å². The molecule has 9 heteroatoms. The SMILES string of the molecule is COc1cccc([C@@H]2C(C(=O)Nc3ccccc3)=C(C)N=c3s/c(=C\c4ccc(OCc5ccccc5)c(Br)c4)c(=O)n32)c1. The number of carbonyl (C=O) groups excluding carboxylic acids is 1. The molecule has 0 radical (unpaired) electrons. The second-order valence-electron chi connectivity index (χ2n) is 10.1. The molecule has 2 heterocycles. The van der Waals surface area contributed by atoms with Crippen molar-refractivity contribution in [3.8, 4) is 11.5 Å². The maximum Gasteiger partial charge on any atom is 0.271 e. The van der Waals surface area contributed by atoms with Crippen molar-refractivity contribution in [1.29, 1.82) is 0 Å². The van der Waals surface area contributed by atoms with Gasteiger partial charge in [0.15, 0.2) is 4.80 Å². The van der Waals surface area contributed by atoms with Gasteiger partial charge in [0.05, 0.1) is 33.4 Å². The summed E-state index contributed by atoms with van der Waals surface area (Å²) in [5.41, 5.74) is 3.99. The van der Waals surface area contributed by atoms with Gasteiger partial charge in [-0.2, -0.15) is 0 Å². The molecule has 0 saturated carbocycles. The predicted molar refractivity (Wildman–Crippen MR) is 177 cm³/mol. The molecule has 1 atom stereocenters. The lowest BCUT2D eigenvalue weighted by Crippen LogP contribution is -2.40. The minimum atomic E-state index is -0.701. The molecule has 0 unspecified atom stereocenters. The molecular formula is C35H28BrN3O4S. The number of methoxy groups -OCH3 is 1. The van der Waals surface area contributed by atoms with E-state index in [2.05, 4.69) is 21.2 Å². The normalized spacial score (nSPS) is 14.5. The first-order valence-corrected chi connectivity index (χ1v) is 15.5. The Morgan fingerprint density at radius 1 is 1.00 bits per heavy atom. The lowest BCUT2D eigenvalue weighted by atomic mass is 9.95. The van der Waals surface area contributed by atoms with Crippen LogP contribution in [0.1, 0.15) is 29.7 Å². The maximum absolute atomic E-state index is 14.1. The van der Waals surface area contributed by atoms with Crippen LogP contribution in [-0.4, -0.2) is 17.6 Å². The van der Waals surface area contributed by atoms with Gasteiger partial charge in [-0.1, -0.05) is 78.1 Å². The van der Waals surface area contributed by atoms with Gasteiger partial charge in [-0.15, -0.1) is 0 Å². The third-order valence-corrected chi connectivity index (χ3v) is 8.80. The van der Waals surface area contributed by atoms with E-state index in [4.69, 9.17) is 14.5 Å². The summed E-state index contributed by atoms with van der Waals surface area (Å²) >= 11 is 4.90. The van der Waals surface area contributed by atoms with Crippen molar-refractivity contribution in [2.45, 2.75) is 19.6 Å². The Hall–Kier alpha value is -4.73. The maximum atomic E-state index is 14.1. The number of allylic oxidation sites excluding steroid dienone is 1. The summed E-state index contributed by atoms with van der Waals surface area (Å²) < 4.78 is 14.4. The zero-order valence-corrected chi connectivity index (χ0v) is 26.4. The second-order valence-corrected chi connectivity index (χ2v) is 12.0. The molecular weight excluding hydrogens is 638 g/mol. The summed E-state index contributed by atoms with van der Waals surface area (Å²) in [4.78, 5) is 33.1. The minimum absolute atomic E-state index is 0.236. The molecule has 0 bridgehead atoms. The van der Waals surface area contributed by atoms with Crippen molar-refractivity contribution in [1.82, 2.24) is 4.57 Å².